The van der Waals surface area contributed by atoms with Crippen molar-refractivity contribution in [1.29, 1.82) is 0 Å². The lowest BCUT2D eigenvalue weighted by molar-refractivity contribution is -0.115. The lowest BCUT2D eigenvalue weighted by Crippen LogP contribution is -2.16. The van der Waals surface area contributed by atoms with Crippen molar-refractivity contribution in [2.75, 3.05) is 25.3 Å². The van der Waals surface area contributed by atoms with Crippen LogP contribution in [0.5, 0.6) is 5.75 Å². The van der Waals surface area contributed by atoms with Gasteiger partial charge in [-0.05, 0) is 55.0 Å². The number of methoxy groups -OCH3 is 2. The van der Waals surface area contributed by atoms with E-state index < -0.39 is 0 Å². The molecule has 1 aliphatic rings. The molecule has 150 valence electrons. The Morgan fingerprint density at radius 1 is 1.25 bits per heavy atom. The van der Waals surface area contributed by atoms with E-state index in [9.17, 15) is 9.59 Å². The molecule has 5 nitrogen and oxygen atoms in total. The van der Waals surface area contributed by atoms with Gasteiger partial charge in [-0.3, -0.25) is 4.79 Å². The van der Waals surface area contributed by atoms with Crippen molar-refractivity contribution in [2.45, 2.75) is 37.5 Å². The molecule has 0 saturated carbocycles. The molecule has 1 aliphatic carbocycles. The molecule has 1 amide bonds. The third-order valence-corrected chi connectivity index (χ3v) is 6.99. The maximum Gasteiger partial charge on any atom is 0.341 e. The fraction of sp³-hybridized carbons (Fsp3) is 0.429. The Balaban J connectivity index is 1.62. The van der Waals surface area contributed by atoms with Crippen LogP contribution < -0.4 is 10.1 Å². The second-order valence-corrected chi connectivity index (χ2v) is 9.14. The predicted molar refractivity (Wildman–Crippen MR) is 114 cm³/mol. The number of ether oxygens (including phenoxy) is 2. The van der Waals surface area contributed by atoms with Gasteiger partial charge < -0.3 is 14.8 Å². The van der Waals surface area contributed by atoms with Gasteiger partial charge >= 0.3 is 5.97 Å². The molecule has 1 aromatic carbocycles. The summed E-state index contributed by atoms with van der Waals surface area (Å²) in [6.45, 7) is 2.22. The van der Waals surface area contributed by atoms with E-state index in [2.05, 4.69) is 12.2 Å². The van der Waals surface area contributed by atoms with Crippen LogP contribution >= 0.6 is 23.1 Å². The molecule has 0 aliphatic heterocycles. The van der Waals surface area contributed by atoms with Gasteiger partial charge in [-0.15, -0.1) is 23.1 Å². The van der Waals surface area contributed by atoms with Gasteiger partial charge in [0.1, 0.15) is 10.8 Å². The van der Waals surface area contributed by atoms with Crippen LogP contribution in [0.1, 0.15) is 40.6 Å². The molecular formula is C21H25NO4S2. The zero-order valence-corrected chi connectivity index (χ0v) is 18.0. The van der Waals surface area contributed by atoms with Crippen LogP contribution in [-0.4, -0.2) is 31.8 Å². The number of hydrogen-bond acceptors (Lipinski definition) is 6. The second kappa shape index (κ2) is 9.47. The van der Waals surface area contributed by atoms with Crippen molar-refractivity contribution >= 4 is 40.0 Å². The number of nitrogens with one attached hydrogen (secondary N) is 1. The number of hydrogen-bond donors (Lipinski definition) is 1. The number of rotatable bonds is 7. The molecule has 0 bridgehead atoms. The first kappa shape index (κ1) is 20.7. The van der Waals surface area contributed by atoms with Crippen molar-refractivity contribution in [2.24, 2.45) is 5.92 Å². The number of amides is 1. The molecule has 1 N–H and O–H groups in total. The first-order chi connectivity index (χ1) is 13.5. The van der Waals surface area contributed by atoms with Crippen molar-refractivity contribution in [3.63, 3.8) is 0 Å². The highest BCUT2D eigenvalue weighted by Gasteiger charge is 2.28. The fourth-order valence-electron chi connectivity index (χ4n) is 3.28. The molecule has 1 heterocycles. The third-order valence-electron chi connectivity index (χ3n) is 4.81. The molecule has 1 unspecified atom stereocenters. The van der Waals surface area contributed by atoms with Crippen LogP contribution in [0.2, 0.25) is 0 Å². The van der Waals surface area contributed by atoms with Gasteiger partial charge in [-0.1, -0.05) is 6.92 Å². The number of esters is 1. The molecule has 0 radical (unpaired) electrons. The summed E-state index contributed by atoms with van der Waals surface area (Å²) in [7, 11) is 3.02. The van der Waals surface area contributed by atoms with Crippen molar-refractivity contribution in [3.8, 4) is 5.75 Å². The van der Waals surface area contributed by atoms with E-state index in [-0.39, 0.29) is 11.9 Å². The Labute approximate surface area is 173 Å². The molecule has 2 aromatic rings. The average Bonchev–Trinajstić information content (AvgIpc) is 3.04. The van der Waals surface area contributed by atoms with E-state index >= 15 is 0 Å². The zero-order valence-electron chi connectivity index (χ0n) is 16.4. The first-order valence-corrected chi connectivity index (χ1v) is 11.1. The van der Waals surface area contributed by atoms with Gasteiger partial charge in [-0.2, -0.15) is 0 Å². The van der Waals surface area contributed by atoms with Crippen molar-refractivity contribution in [3.05, 3.63) is 40.3 Å². The quantitative estimate of drug-likeness (QED) is 0.516. The lowest BCUT2D eigenvalue weighted by atomic mass is 9.88. The molecule has 0 spiro atoms. The van der Waals surface area contributed by atoms with E-state index in [4.69, 9.17) is 9.47 Å². The minimum absolute atomic E-state index is 0.0854. The Kier molecular flexibility index (Phi) is 7.02. The molecule has 1 atom stereocenters. The van der Waals surface area contributed by atoms with E-state index in [1.165, 1.54) is 23.3 Å². The average molecular weight is 420 g/mol. The van der Waals surface area contributed by atoms with Crippen LogP contribution in [-0.2, 0) is 22.4 Å². The highest BCUT2D eigenvalue weighted by atomic mass is 32.2. The fourth-order valence-corrected chi connectivity index (χ4v) is 5.55. The van der Waals surface area contributed by atoms with Crippen LogP contribution in [0.3, 0.4) is 0 Å². The number of thiophene rings is 1. The summed E-state index contributed by atoms with van der Waals surface area (Å²) in [6, 6.07) is 7.76. The SMILES string of the molecule is COC(=O)c1c(NC(=O)CCSc2ccc(OC)cc2)sc2c1CCC(C)C2. The van der Waals surface area contributed by atoms with Gasteiger partial charge in [0.25, 0.3) is 0 Å². The van der Waals surface area contributed by atoms with E-state index in [1.54, 1.807) is 18.9 Å². The second-order valence-electron chi connectivity index (χ2n) is 6.87. The Bertz CT molecular complexity index is 845. The Morgan fingerprint density at radius 2 is 2.00 bits per heavy atom. The largest absolute Gasteiger partial charge is 0.497 e. The number of carbonyl (C=O) groups is 2. The summed E-state index contributed by atoms with van der Waals surface area (Å²) in [5, 5.41) is 3.58. The summed E-state index contributed by atoms with van der Waals surface area (Å²) in [5.74, 6) is 1.62. The number of benzene rings is 1. The molecule has 0 saturated heterocycles. The minimum Gasteiger partial charge on any atom is -0.497 e. The summed E-state index contributed by atoms with van der Waals surface area (Å²) in [5.41, 5.74) is 1.60. The van der Waals surface area contributed by atoms with Crippen LogP contribution in [0.15, 0.2) is 29.2 Å². The minimum atomic E-state index is -0.366. The van der Waals surface area contributed by atoms with Crippen LogP contribution in [0.4, 0.5) is 5.00 Å². The normalized spacial score (nSPS) is 15.6. The highest BCUT2D eigenvalue weighted by molar-refractivity contribution is 7.99. The molecule has 28 heavy (non-hydrogen) atoms. The molecule has 1 aromatic heterocycles. The summed E-state index contributed by atoms with van der Waals surface area (Å²) >= 11 is 3.13. The Morgan fingerprint density at radius 3 is 2.68 bits per heavy atom. The van der Waals surface area contributed by atoms with Crippen LogP contribution in [0.25, 0.3) is 0 Å². The number of carbonyl (C=O) groups excluding carboxylic acids is 2. The zero-order chi connectivity index (χ0) is 20.1. The van der Waals surface area contributed by atoms with E-state index in [0.717, 1.165) is 35.5 Å². The molecular weight excluding hydrogens is 394 g/mol. The molecule has 0 fully saturated rings. The van der Waals surface area contributed by atoms with Crippen LogP contribution in [0, 0.1) is 5.92 Å². The van der Waals surface area contributed by atoms with E-state index in [0.29, 0.717) is 28.7 Å². The van der Waals surface area contributed by atoms with Crippen molar-refractivity contribution in [1.82, 2.24) is 0 Å². The predicted octanol–water partition coefficient (Wildman–Crippen LogP) is 4.79. The monoisotopic (exact) mass is 419 g/mol. The van der Waals surface area contributed by atoms with Gasteiger partial charge in [0.05, 0.1) is 19.8 Å². The third kappa shape index (κ3) is 4.89. The smallest absolute Gasteiger partial charge is 0.341 e. The number of thioether (sulfide) groups is 1. The van der Waals surface area contributed by atoms with Gasteiger partial charge in [-0.25, -0.2) is 4.79 Å². The van der Waals surface area contributed by atoms with Crippen molar-refractivity contribution < 1.29 is 19.1 Å². The first-order valence-electron chi connectivity index (χ1n) is 9.31. The van der Waals surface area contributed by atoms with Gasteiger partial charge in [0.2, 0.25) is 5.91 Å². The lowest BCUT2D eigenvalue weighted by Gasteiger charge is -2.18. The highest BCUT2D eigenvalue weighted by Crippen LogP contribution is 2.40. The summed E-state index contributed by atoms with van der Waals surface area (Å²) < 4.78 is 10.1. The number of anilines is 1. The van der Waals surface area contributed by atoms with E-state index in [1.807, 2.05) is 24.3 Å². The standard InChI is InChI=1S/C21H25NO4S2/c1-13-4-9-16-17(12-13)28-20(19(16)21(24)26-3)22-18(23)10-11-27-15-7-5-14(25-2)6-8-15/h5-8,13H,4,9-12H2,1-3H3,(H,22,23). The molecule has 7 heteroatoms. The topological polar surface area (TPSA) is 64.6 Å². The Hall–Kier alpha value is -1.99. The maximum atomic E-state index is 12.5. The van der Waals surface area contributed by atoms with Gasteiger partial charge in [0, 0.05) is 21.9 Å². The maximum absolute atomic E-state index is 12.5. The summed E-state index contributed by atoms with van der Waals surface area (Å²) in [4.78, 5) is 27.0. The number of fused-ring (bicyclic) bond motifs is 1. The summed E-state index contributed by atoms with van der Waals surface area (Å²) in [6.07, 6.45) is 3.24. The van der Waals surface area contributed by atoms with Gasteiger partial charge in [0.15, 0.2) is 0 Å². The molecule has 3 rings (SSSR count).